The maximum atomic E-state index is 6.88. The summed E-state index contributed by atoms with van der Waals surface area (Å²) >= 11 is 0. The van der Waals surface area contributed by atoms with E-state index in [4.69, 9.17) is 15.7 Å². The lowest BCUT2D eigenvalue weighted by molar-refractivity contribution is -0.316. The molecule has 2 heteroatoms. The fraction of sp³-hybridized carbons (Fsp3) is 1.00. The van der Waals surface area contributed by atoms with Gasteiger partial charge < -0.3 is 0 Å². The Balaban J connectivity index is 1.66. The van der Waals surface area contributed by atoms with E-state index in [0.29, 0.717) is 10.8 Å². The summed E-state index contributed by atoms with van der Waals surface area (Å²) in [6, 6.07) is 0. The van der Waals surface area contributed by atoms with Gasteiger partial charge in [0.15, 0.2) is 0 Å². The highest BCUT2D eigenvalue weighted by Gasteiger charge is 2.82. The fourth-order valence-electron chi connectivity index (χ4n) is 9.11. The first kappa shape index (κ1) is 13.6. The molecule has 110 valence electrons. The first-order chi connectivity index (χ1) is 9.94. The molecular formula is C19H28B2. The Hall–Kier alpha value is 0.130. The van der Waals surface area contributed by atoms with E-state index >= 15 is 0 Å². The van der Waals surface area contributed by atoms with Crippen molar-refractivity contribution in [3.8, 4) is 0 Å². The molecule has 0 N–H and O–H groups in total. The summed E-state index contributed by atoms with van der Waals surface area (Å²) in [6.45, 7) is 7.53. The number of rotatable bonds is 2. The molecule has 5 aliphatic rings. The van der Waals surface area contributed by atoms with Crippen molar-refractivity contribution < 1.29 is 0 Å². The van der Waals surface area contributed by atoms with Crippen molar-refractivity contribution in [1.82, 2.24) is 0 Å². The van der Waals surface area contributed by atoms with Crippen molar-refractivity contribution in [2.24, 2.45) is 52.3 Å². The van der Waals surface area contributed by atoms with Crippen LogP contribution >= 0.6 is 0 Å². The van der Waals surface area contributed by atoms with Gasteiger partial charge in [0.25, 0.3) is 0 Å². The second-order valence-corrected chi connectivity index (χ2v) is 9.74. The molecule has 5 saturated carbocycles. The lowest BCUT2D eigenvalue weighted by Gasteiger charge is -2.86. The topological polar surface area (TPSA) is 0 Å². The number of hydrogen-bond acceptors (Lipinski definition) is 0. The summed E-state index contributed by atoms with van der Waals surface area (Å²) < 4.78 is 0. The maximum Gasteiger partial charge on any atom is 0.0754 e. The fourth-order valence-corrected chi connectivity index (χ4v) is 9.11. The second-order valence-electron chi connectivity index (χ2n) is 9.74. The largest absolute Gasteiger partial charge is 0.0829 e. The minimum absolute atomic E-state index is 0.238. The van der Waals surface area contributed by atoms with Crippen LogP contribution in [0.25, 0.3) is 0 Å². The number of fused-ring (bicyclic) bond motifs is 4. The first-order valence-electron chi connectivity index (χ1n) is 9.43. The summed E-state index contributed by atoms with van der Waals surface area (Å²) in [5.41, 5.74) is 0.931. The lowest BCUT2D eigenvalue weighted by Crippen LogP contribution is -2.78. The van der Waals surface area contributed by atoms with Crippen LogP contribution in [-0.4, -0.2) is 15.7 Å². The minimum Gasteiger partial charge on any atom is -0.0829 e. The molecule has 0 aromatic rings. The Labute approximate surface area is 133 Å². The Bertz CT molecular complexity index is 504. The smallest absolute Gasteiger partial charge is 0.0754 e. The van der Waals surface area contributed by atoms with E-state index in [1.54, 1.807) is 0 Å². The third kappa shape index (κ3) is 1.11. The first-order valence-corrected chi connectivity index (χ1v) is 9.43. The molecule has 0 heterocycles. The average Bonchev–Trinajstić information content (AvgIpc) is 2.78. The third-order valence-electron chi connectivity index (χ3n) is 9.91. The zero-order chi connectivity index (χ0) is 14.8. The van der Waals surface area contributed by atoms with E-state index < -0.39 is 0 Å². The van der Waals surface area contributed by atoms with Crippen molar-refractivity contribution in [3.63, 3.8) is 0 Å². The average molecular weight is 278 g/mol. The van der Waals surface area contributed by atoms with Gasteiger partial charge in [-0.15, -0.1) is 0 Å². The van der Waals surface area contributed by atoms with Crippen LogP contribution in [0.3, 0.4) is 0 Å². The van der Waals surface area contributed by atoms with Crippen LogP contribution < -0.4 is 0 Å². The van der Waals surface area contributed by atoms with Crippen molar-refractivity contribution >= 4 is 15.7 Å². The summed E-state index contributed by atoms with van der Waals surface area (Å²) in [5, 5.41) is 0.238. The predicted octanol–water partition coefficient (Wildman–Crippen LogP) is 4.26. The normalized spacial score (nSPS) is 69.8. The van der Waals surface area contributed by atoms with Crippen LogP contribution in [0.2, 0.25) is 11.6 Å². The van der Waals surface area contributed by atoms with Gasteiger partial charge in [-0.3, -0.25) is 0 Å². The van der Waals surface area contributed by atoms with E-state index in [1.165, 1.54) is 32.1 Å². The van der Waals surface area contributed by atoms with Gasteiger partial charge in [-0.25, -0.2) is 0 Å². The number of hydrogen-bond donors (Lipinski definition) is 0. The minimum atomic E-state index is 0.238. The Morgan fingerprint density at radius 2 is 1.95 bits per heavy atom. The van der Waals surface area contributed by atoms with Crippen LogP contribution in [0.5, 0.6) is 0 Å². The molecule has 0 aliphatic heterocycles. The maximum absolute atomic E-state index is 6.88. The van der Waals surface area contributed by atoms with E-state index in [-0.39, 0.29) is 5.31 Å². The van der Waals surface area contributed by atoms with E-state index in [2.05, 4.69) is 20.8 Å². The quantitative estimate of drug-likeness (QED) is 0.662. The summed E-state index contributed by atoms with van der Waals surface area (Å²) in [4.78, 5) is 0. The van der Waals surface area contributed by atoms with Gasteiger partial charge >= 0.3 is 0 Å². The van der Waals surface area contributed by atoms with Gasteiger partial charge in [0.05, 0.1) is 15.7 Å². The van der Waals surface area contributed by atoms with Gasteiger partial charge in [-0.05, 0) is 84.4 Å². The zero-order valence-electron chi connectivity index (χ0n) is 13.9. The molecule has 21 heavy (non-hydrogen) atoms. The molecule has 10 unspecified atom stereocenters. The molecule has 4 radical (unpaired) electrons. The molecule has 5 rings (SSSR count). The predicted molar refractivity (Wildman–Crippen MR) is 88.4 cm³/mol. The highest BCUT2D eigenvalue weighted by molar-refractivity contribution is 6.18. The molecule has 0 nitrogen and oxygen atoms in total. The molecular weight excluding hydrogens is 250 g/mol. The van der Waals surface area contributed by atoms with Crippen LogP contribution in [0.4, 0.5) is 0 Å². The molecule has 2 bridgehead atoms. The Kier molecular flexibility index (Phi) is 2.34. The van der Waals surface area contributed by atoms with Gasteiger partial charge in [0, 0.05) is 0 Å². The Morgan fingerprint density at radius 3 is 2.62 bits per heavy atom. The molecule has 0 amide bonds. The molecule has 0 saturated heterocycles. The highest BCUT2D eigenvalue weighted by atomic mass is 14.8. The lowest BCUT2D eigenvalue weighted by atomic mass is 9.14. The zero-order valence-corrected chi connectivity index (χ0v) is 13.9. The summed E-state index contributed by atoms with van der Waals surface area (Å²) in [6.07, 6.45) is 7.83. The van der Waals surface area contributed by atoms with Crippen LogP contribution in [0.15, 0.2) is 0 Å². The molecule has 5 fully saturated rings. The molecule has 5 aliphatic carbocycles. The van der Waals surface area contributed by atoms with Crippen LogP contribution in [0, 0.1) is 52.3 Å². The van der Waals surface area contributed by atoms with E-state index in [1.807, 2.05) is 0 Å². The second kappa shape index (κ2) is 3.62. The molecule has 10 atom stereocenters. The van der Waals surface area contributed by atoms with Gasteiger partial charge in [0.2, 0.25) is 0 Å². The third-order valence-corrected chi connectivity index (χ3v) is 9.91. The standard InChI is InChI=1S/C19H28B2/c1-4-18-8-19(21)13-7-11(15(13)16(18)19)10(2)12-5-6-14(18)17(12,3)9-20/h10-16H,4-9H2,1-3H3. The van der Waals surface area contributed by atoms with Crippen LogP contribution in [-0.2, 0) is 0 Å². The van der Waals surface area contributed by atoms with Crippen molar-refractivity contribution in [2.75, 3.05) is 0 Å². The molecule has 0 spiro atoms. The summed E-state index contributed by atoms with van der Waals surface area (Å²) in [7, 11) is 13.3. The van der Waals surface area contributed by atoms with Crippen molar-refractivity contribution in [3.05, 3.63) is 0 Å². The van der Waals surface area contributed by atoms with Crippen molar-refractivity contribution in [2.45, 2.75) is 64.5 Å². The monoisotopic (exact) mass is 278 g/mol. The SMILES string of the molecule is [B]CC1(C)C2CCC1C1(CC)CC3([B])C4CC(C2C)C4C31. The molecule has 0 aromatic heterocycles. The van der Waals surface area contributed by atoms with Gasteiger partial charge in [-0.1, -0.05) is 32.4 Å². The van der Waals surface area contributed by atoms with E-state index in [0.717, 1.165) is 47.7 Å². The van der Waals surface area contributed by atoms with Crippen LogP contribution in [0.1, 0.15) is 52.9 Å². The molecule has 0 aromatic carbocycles. The van der Waals surface area contributed by atoms with E-state index in [9.17, 15) is 0 Å². The highest BCUT2D eigenvalue weighted by Crippen LogP contribution is 2.91. The summed E-state index contributed by atoms with van der Waals surface area (Å²) in [5.74, 6) is 6.28. The Morgan fingerprint density at radius 1 is 1.19 bits per heavy atom. The van der Waals surface area contributed by atoms with Crippen molar-refractivity contribution in [1.29, 1.82) is 0 Å². The van der Waals surface area contributed by atoms with Gasteiger partial charge in [-0.2, -0.15) is 0 Å². The van der Waals surface area contributed by atoms with Gasteiger partial charge in [0.1, 0.15) is 0 Å².